The number of benzene rings is 1. The molecule has 1 aliphatic carbocycles. The van der Waals surface area contributed by atoms with E-state index in [1.807, 2.05) is 6.07 Å². The second-order valence-electron chi connectivity index (χ2n) is 5.95. The maximum absolute atomic E-state index is 15.3. The van der Waals surface area contributed by atoms with Crippen molar-refractivity contribution in [2.24, 2.45) is 0 Å². The summed E-state index contributed by atoms with van der Waals surface area (Å²) in [6.07, 6.45) is 11.0. The molecule has 1 aromatic carbocycles. The molecule has 0 amide bonds. The molecule has 1 atom stereocenters. The molecule has 2 heterocycles. The van der Waals surface area contributed by atoms with E-state index >= 15 is 4.39 Å². The third kappa shape index (κ3) is 3.27. The molecule has 25 heavy (non-hydrogen) atoms. The number of aromatic nitrogens is 4. The van der Waals surface area contributed by atoms with Gasteiger partial charge >= 0.3 is 153 Å². The van der Waals surface area contributed by atoms with Crippen LogP contribution in [0.1, 0.15) is 30.7 Å². The number of hydrogen-bond donors (Lipinski definition) is 0. The molecule has 5 nitrogen and oxygen atoms in total. The molecule has 0 aliphatic heterocycles. The Kier molecular flexibility index (Phi) is 4.45. The van der Waals surface area contributed by atoms with Crippen LogP contribution in [0.4, 0.5) is 4.39 Å². The first kappa shape index (κ1) is 16.2. The monoisotopic (exact) mass is 398 g/mol. The molecule has 1 unspecified atom stereocenters. The van der Waals surface area contributed by atoms with Gasteiger partial charge in [0.1, 0.15) is 0 Å². The first-order valence-electron chi connectivity index (χ1n) is 8.06. The van der Waals surface area contributed by atoms with Crippen molar-refractivity contribution < 1.29 is 9.13 Å². The third-order valence-electron chi connectivity index (χ3n) is 4.37. The number of nitrogens with zero attached hydrogens (tertiary/aromatic N) is 4. The summed E-state index contributed by atoms with van der Waals surface area (Å²) >= 11 is 1.38. The molecule has 126 valence electrons. The van der Waals surface area contributed by atoms with Crippen LogP contribution in [0.15, 0.2) is 43.1 Å². The summed E-state index contributed by atoms with van der Waals surface area (Å²) in [4.78, 5) is 16.6. The normalized spacial score (nSPS) is 14.2. The molecule has 1 fully saturated rings. The van der Waals surface area contributed by atoms with Gasteiger partial charge in [-0.25, -0.2) is 0 Å². The van der Waals surface area contributed by atoms with Gasteiger partial charge in [-0.15, -0.1) is 0 Å². The van der Waals surface area contributed by atoms with Crippen LogP contribution >= 0.6 is 0 Å². The maximum atomic E-state index is 15.3. The van der Waals surface area contributed by atoms with E-state index in [0.717, 1.165) is 29.3 Å². The molecule has 0 bridgehead atoms. The van der Waals surface area contributed by atoms with Crippen LogP contribution in [0.5, 0.6) is 11.6 Å². The van der Waals surface area contributed by atoms with Crippen molar-refractivity contribution >= 4 is 21.3 Å². The second-order valence-corrected chi connectivity index (χ2v) is 7.19. The molecular weight excluding hydrogens is 382 g/mol. The number of hydrogen-bond acceptors (Lipinski definition) is 5. The molecule has 3 aromatic rings. The Hall–Kier alpha value is -2.33. The van der Waals surface area contributed by atoms with Crippen molar-refractivity contribution in [2.45, 2.75) is 25.2 Å². The fraction of sp³-hybridized carbons (Fsp3) is 0.222. The van der Waals surface area contributed by atoms with E-state index in [1.54, 1.807) is 24.7 Å². The van der Waals surface area contributed by atoms with E-state index in [0.29, 0.717) is 17.2 Å². The van der Waals surface area contributed by atoms with Crippen LogP contribution in [0.25, 0.3) is 11.3 Å². The average molecular weight is 398 g/mol. The topological polar surface area (TPSA) is 60.8 Å². The summed E-state index contributed by atoms with van der Waals surface area (Å²) in [6, 6.07) is 3.69. The molecule has 0 spiro atoms. The van der Waals surface area contributed by atoms with E-state index in [-0.39, 0.29) is 11.6 Å². The Morgan fingerprint density at radius 2 is 1.92 bits per heavy atom. The molecule has 0 saturated heterocycles. The van der Waals surface area contributed by atoms with Gasteiger partial charge in [0.15, 0.2) is 0 Å². The van der Waals surface area contributed by atoms with Crippen molar-refractivity contribution in [3.05, 3.63) is 54.5 Å². The van der Waals surface area contributed by atoms with Gasteiger partial charge < -0.3 is 0 Å². The summed E-state index contributed by atoms with van der Waals surface area (Å²) in [7, 11) is 0. The fourth-order valence-corrected chi connectivity index (χ4v) is 3.15. The molecule has 7 heteroatoms. The van der Waals surface area contributed by atoms with E-state index in [4.69, 9.17) is 4.74 Å². The van der Waals surface area contributed by atoms with Gasteiger partial charge in [0.2, 0.25) is 0 Å². The molecule has 0 radical (unpaired) electrons. The van der Waals surface area contributed by atoms with Crippen molar-refractivity contribution in [1.82, 2.24) is 19.9 Å². The van der Waals surface area contributed by atoms with Gasteiger partial charge in [-0.05, 0) is 0 Å². The zero-order valence-electron chi connectivity index (χ0n) is 13.4. The van der Waals surface area contributed by atoms with Crippen LogP contribution in [0.2, 0.25) is 0 Å². The molecule has 1 aliphatic rings. The predicted molar refractivity (Wildman–Crippen MR) is 94.3 cm³/mol. The van der Waals surface area contributed by atoms with E-state index < -0.39 is 5.82 Å². The third-order valence-corrected chi connectivity index (χ3v) is 4.99. The van der Waals surface area contributed by atoms with Crippen LogP contribution < -0.4 is 9.22 Å². The van der Waals surface area contributed by atoms with E-state index in [1.165, 1.54) is 29.2 Å². The predicted octanol–water partition coefficient (Wildman–Crippen LogP) is 2.39. The van der Waals surface area contributed by atoms with Crippen molar-refractivity contribution in [3.8, 4) is 22.9 Å². The minimum atomic E-state index is -0.432. The van der Waals surface area contributed by atoms with E-state index in [9.17, 15) is 0 Å². The van der Waals surface area contributed by atoms with Gasteiger partial charge in [-0.2, -0.15) is 0 Å². The summed E-state index contributed by atoms with van der Waals surface area (Å²) < 4.78 is 21.9. The zero-order chi connectivity index (χ0) is 17.2. The standard InChI is InChI=1S/C18H16AsFN4O/c19-15-9-23-14(8-24-15)13-5-4-12(11-2-1-3-11)18(17(13)20)25-16-10-21-6-7-22-16/h4-11H,1-3,19H2. The van der Waals surface area contributed by atoms with Crippen LogP contribution in [-0.2, 0) is 0 Å². The second kappa shape index (κ2) is 6.88. The molecule has 1 saturated carbocycles. The molecular formula is C18H16AsFN4O. The van der Waals surface area contributed by atoms with Gasteiger partial charge in [-0.3, -0.25) is 0 Å². The summed E-state index contributed by atoms with van der Waals surface area (Å²) in [6.45, 7) is 0. The van der Waals surface area contributed by atoms with Crippen molar-refractivity contribution in [1.29, 1.82) is 0 Å². The quantitative estimate of drug-likeness (QED) is 0.632. The Morgan fingerprint density at radius 3 is 2.56 bits per heavy atom. The van der Waals surface area contributed by atoms with Crippen molar-refractivity contribution in [3.63, 3.8) is 0 Å². The first-order valence-corrected chi connectivity index (χ1v) is 9.27. The van der Waals surface area contributed by atoms with Gasteiger partial charge in [0.05, 0.1) is 0 Å². The summed E-state index contributed by atoms with van der Waals surface area (Å²) in [5, 5.41) is 0. The van der Waals surface area contributed by atoms with Crippen LogP contribution in [0.3, 0.4) is 0 Å². The summed E-state index contributed by atoms with van der Waals surface area (Å²) in [5.74, 6) is 0.381. The molecule has 2 aromatic heterocycles. The first-order chi connectivity index (χ1) is 12.2. The number of halogens is 1. The average Bonchev–Trinajstić information content (AvgIpc) is 2.59. The number of rotatable bonds is 4. The summed E-state index contributed by atoms with van der Waals surface area (Å²) in [5.41, 5.74) is 1.74. The van der Waals surface area contributed by atoms with Gasteiger partial charge in [0.25, 0.3) is 0 Å². The fourth-order valence-electron chi connectivity index (χ4n) is 2.83. The zero-order valence-corrected chi connectivity index (χ0v) is 15.8. The van der Waals surface area contributed by atoms with Gasteiger partial charge in [0, 0.05) is 0 Å². The Balaban J connectivity index is 1.79. The van der Waals surface area contributed by atoms with Crippen LogP contribution in [-0.4, -0.2) is 36.8 Å². The van der Waals surface area contributed by atoms with Gasteiger partial charge in [-0.1, -0.05) is 0 Å². The van der Waals surface area contributed by atoms with Crippen molar-refractivity contribution in [2.75, 3.05) is 0 Å². The molecule has 0 N–H and O–H groups in total. The van der Waals surface area contributed by atoms with E-state index in [2.05, 4.69) is 19.9 Å². The Bertz CT molecular complexity index is 886. The Morgan fingerprint density at radius 1 is 1.04 bits per heavy atom. The Labute approximate surface area is 153 Å². The minimum absolute atomic E-state index is 0.217. The SMILES string of the molecule is Fc1c(-c2cnc([AsH2])cn2)ccc(C2CCC2)c1Oc1cnccn1. The van der Waals surface area contributed by atoms with Crippen LogP contribution in [0, 0.1) is 5.82 Å². The number of ether oxygens (including phenoxy) is 1. The molecule has 4 rings (SSSR count).